The maximum atomic E-state index is 13.1. The number of anilines is 1. The van der Waals surface area contributed by atoms with E-state index in [1.165, 1.54) is 17.2 Å². The minimum Gasteiger partial charge on any atom is -0.441 e. The lowest BCUT2D eigenvalue weighted by atomic mass is 9.89. The van der Waals surface area contributed by atoms with Crippen LogP contribution in [0.15, 0.2) is 12.3 Å². The molecule has 1 unspecified atom stereocenters. The van der Waals surface area contributed by atoms with E-state index in [1.807, 2.05) is 27.7 Å². The number of aromatic nitrogens is 2. The normalized spacial score (nSPS) is 22.4. The zero-order valence-corrected chi connectivity index (χ0v) is 10.8. The molecule has 18 heavy (non-hydrogen) atoms. The third kappa shape index (κ3) is 2.02. The van der Waals surface area contributed by atoms with E-state index < -0.39 is 17.8 Å². The monoisotopic (exact) mass is 253 g/mol. The molecule has 0 bridgehead atoms. The Morgan fingerprint density at radius 2 is 2.17 bits per heavy atom. The Bertz CT molecular complexity index is 476. The van der Waals surface area contributed by atoms with Gasteiger partial charge in [-0.25, -0.2) is 9.78 Å². The molecule has 1 aliphatic rings. The van der Waals surface area contributed by atoms with Crippen molar-refractivity contribution in [3.63, 3.8) is 0 Å². The van der Waals surface area contributed by atoms with Crippen LogP contribution in [0.5, 0.6) is 0 Å². The van der Waals surface area contributed by atoms with Crippen LogP contribution < -0.4 is 4.90 Å². The molecule has 0 aromatic carbocycles. The molecule has 98 valence electrons. The van der Waals surface area contributed by atoms with E-state index in [2.05, 4.69) is 9.97 Å². The van der Waals surface area contributed by atoms with Gasteiger partial charge in [-0.1, -0.05) is 13.8 Å². The van der Waals surface area contributed by atoms with E-state index >= 15 is 0 Å². The zero-order valence-electron chi connectivity index (χ0n) is 10.8. The van der Waals surface area contributed by atoms with Crippen LogP contribution in [0.3, 0.4) is 0 Å². The Labute approximate surface area is 105 Å². The number of amides is 1. The maximum Gasteiger partial charge on any atom is 0.416 e. The van der Waals surface area contributed by atoms with Gasteiger partial charge >= 0.3 is 12.2 Å². The highest BCUT2D eigenvalue weighted by molar-refractivity contribution is 5.90. The molecule has 1 atom stereocenters. The molecule has 1 aromatic rings. The van der Waals surface area contributed by atoms with Gasteiger partial charge in [0.1, 0.15) is 11.4 Å². The lowest BCUT2D eigenvalue weighted by Crippen LogP contribution is -2.45. The van der Waals surface area contributed by atoms with Crippen LogP contribution in [0.1, 0.15) is 27.7 Å². The average molecular weight is 253 g/mol. The largest absolute Gasteiger partial charge is 0.441 e. The predicted octanol–water partition coefficient (Wildman–Crippen LogP) is 2.38. The van der Waals surface area contributed by atoms with Gasteiger partial charge in [0, 0.05) is 6.20 Å². The van der Waals surface area contributed by atoms with Gasteiger partial charge in [-0.05, 0) is 25.8 Å². The molecule has 1 aliphatic heterocycles. The Kier molecular flexibility index (Phi) is 2.96. The first-order chi connectivity index (χ1) is 8.33. The van der Waals surface area contributed by atoms with E-state index in [4.69, 9.17) is 4.74 Å². The van der Waals surface area contributed by atoms with Crippen LogP contribution in [-0.2, 0) is 4.74 Å². The highest BCUT2D eigenvalue weighted by Gasteiger charge is 2.50. The summed E-state index contributed by atoms with van der Waals surface area (Å²) in [5.41, 5.74) is -0.632. The zero-order chi connectivity index (χ0) is 13.5. The van der Waals surface area contributed by atoms with Gasteiger partial charge < -0.3 is 4.74 Å². The number of hydrogen-bond donors (Lipinski definition) is 0. The molecule has 2 rings (SSSR count). The lowest BCUT2D eigenvalue weighted by Gasteiger charge is -2.31. The van der Waals surface area contributed by atoms with Gasteiger partial charge in [-0.15, -0.1) is 0 Å². The highest BCUT2D eigenvalue weighted by Crippen LogP contribution is 2.36. The van der Waals surface area contributed by atoms with Gasteiger partial charge in [-0.3, -0.25) is 4.90 Å². The van der Waals surface area contributed by atoms with E-state index in [9.17, 15) is 9.18 Å². The molecule has 1 aromatic heterocycles. The average Bonchev–Trinajstić information content (AvgIpc) is 2.47. The molecule has 1 amide bonds. The fourth-order valence-corrected chi connectivity index (χ4v) is 2.56. The lowest BCUT2D eigenvalue weighted by molar-refractivity contribution is 0.0592. The molecule has 0 aliphatic carbocycles. The molecule has 2 heterocycles. The molecule has 0 radical (unpaired) electrons. The van der Waals surface area contributed by atoms with Crippen molar-refractivity contribution in [3.8, 4) is 0 Å². The van der Waals surface area contributed by atoms with Crippen molar-refractivity contribution in [2.75, 3.05) is 4.90 Å². The standard InChI is InChI=1S/C12H16FN3O2/c1-7(2)9-12(3,4)18-11(17)16(9)8-5-6-14-10(13)15-8/h5-7,9H,1-4H3. The predicted molar refractivity (Wildman–Crippen MR) is 63.7 cm³/mol. The van der Waals surface area contributed by atoms with Crippen molar-refractivity contribution in [1.82, 2.24) is 9.97 Å². The molecule has 6 heteroatoms. The second-order valence-corrected chi connectivity index (χ2v) is 5.21. The summed E-state index contributed by atoms with van der Waals surface area (Å²) in [6, 6.07) is 1.31. The molecule has 0 saturated carbocycles. The van der Waals surface area contributed by atoms with Crippen LogP contribution >= 0.6 is 0 Å². The summed E-state index contributed by atoms with van der Waals surface area (Å²) in [5, 5.41) is 0. The first-order valence-electron chi connectivity index (χ1n) is 5.83. The second-order valence-electron chi connectivity index (χ2n) is 5.21. The first-order valence-corrected chi connectivity index (χ1v) is 5.83. The number of carbonyl (C=O) groups is 1. The Hall–Kier alpha value is -1.72. The maximum absolute atomic E-state index is 13.1. The number of hydrogen-bond acceptors (Lipinski definition) is 4. The van der Waals surface area contributed by atoms with Crippen LogP contribution in [0.25, 0.3) is 0 Å². The molecular formula is C12H16FN3O2. The third-order valence-electron chi connectivity index (χ3n) is 3.03. The van der Waals surface area contributed by atoms with Crippen molar-refractivity contribution in [3.05, 3.63) is 18.3 Å². The Morgan fingerprint density at radius 3 is 2.72 bits per heavy atom. The van der Waals surface area contributed by atoms with E-state index in [0.29, 0.717) is 0 Å². The quantitative estimate of drug-likeness (QED) is 0.759. The van der Waals surface area contributed by atoms with Crippen molar-refractivity contribution >= 4 is 11.9 Å². The van der Waals surface area contributed by atoms with Gasteiger partial charge in [0.25, 0.3) is 0 Å². The Morgan fingerprint density at radius 1 is 1.50 bits per heavy atom. The summed E-state index contributed by atoms with van der Waals surface area (Å²) in [6.45, 7) is 7.65. The highest BCUT2D eigenvalue weighted by atomic mass is 19.1. The van der Waals surface area contributed by atoms with Crippen molar-refractivity contribution in [2.45, 2.75) is 39.3 Å². The number of carbonyl (C=O) groups excluding carboxylic acids is 1. The molecule has 1 fully saturated rings. The minimum atomic E-state index is -0.854. The van der Waals surface area contributed by atoms with Crippen LogP contribution in [-0.4, -0.2) is 27.7 Å². The first kappa shape index (κ1) is 12.7. The second kappa shape index (κ2) is 4.19. The summed E-state index contributed by atoms with van der Waals surface area (Å²) in [4.78, 5) is 20.4. The van der Waals surface area contributed by atoms with Crippen molar-refractivity contribution in [1.29, 1.82) is 0 Å². The fourth-order valence-electron chi connectivity index (χ4n) is 2.56. The SMILES string of the molecule is CC(C)C1N(c2ccnc(F)n2)C(=O)OC1(C)C. The van der Waals surface area contributed by atoms with Gasteiger partial charge in [0.2, 0.25) is 0 Å². The van der Waals surface area contributed by atoms with Gasteiger partial charge in [-0.2, -0.15) is 9.37 Å². The number of rotatable bonds is 2. The number of ether oxygens (including phenoxy) is 1. The summed E-state index contributed by atoms with van der Waals surface area (Å²) in [7, 11) is 0. The van der Waals surface area contributed by atoms with Gasteiger partial charge in [0.15, 0.2) is 0 Å². The molecule has 0 spiro atoms. The van der Waals surface area contributed by atoms with E-state index in [1.54, 1.807) is 0 Å². The van der Waals surface area contributed by atoms with Crippen LogP contribution in [0, 0.1) is 12.0 Å². The topological polar surface area (TPSA) is 55.3 Å². The molecule has 1 saturated heterocycles. The van der Waals surface area contributed by atoms with Crippen LogP contribution in [0.2, 0.25) is 0 Å². The van der Waals surface area contributed by atoms with E-state index in [-0.39, 0.29) is 17.8 Å². The fraction of sp³-hybridized carbons (Fsp3) is 0.583. The number of cyclic esters (lactones) is 1. The summed E-state index contributed by atoms with van der Waals surface area (Å²) < 4.78 is 18.4. The van der Waals surface area contributed by atoms with Crippen molar-refractivity contribution < 1.29 is 13.9 Å². The minimum absolute atomic E-state index is 0.157. The number of halogens is 1. The van der Waals surface area contributed by atoms with Crippen LogP contribution in [0.4, 0.5) is 15.0 Å². The van der Waals surface area contributed by atoms with Crippen molar-refractivity contribution in [2.24, 2.45) is 5.92 Å². The smallest absolute Gasteiger partial charge is 0.416 e. The third-order valence-corrected chi connectivity index (χ3v) is 3.03. The van der Waals surface area contributed by atoms with E-state index in [0.717, 1.165) is 0 Å². The van der Waals surface area contributed by atoms with Gasteiger partial charge in [0.05, 0.1) is 6.04 Å². The molecular weight excluding hydrogens is 237 g/mol. The number of nitrogens with zero attached hydrogens (tertiary/aromatic N) is 3. The summed E-state index contributed by atoms with van der Waals surface area (Å²) in [6.07, 6.45) is -0.0717. The summed E-state index contributed by atoms with van der Waals surface area (Å²) in [5.74, 6) is 0.390. The summed E-state index contributed by atoms with van der Waals surface area (Å²) >= 11 is 0. The Balaban J connectivity index is 2.45. The molecule has 0 N–H and O–H groups in total. The molecule has 5 nitrogen and oxygen atoms in total.